The third-order valence-electron chi connectivity index (χ3n) is 6.81. The normalized spacial score (nSPS) is 13.6. The third-order valence-corrected chi connectivity index (χ3v) is 7.72. The number of thiophene rings is 1. The zero-order chi connectivity index (χ0) is 24.1. The van der Waals surface area contributed by atoms with Crippen molar-refractivity contribution in [3.8, 4) is 11.5 Å². The predicted molar refractivity (Wildman–Crippen MR) is 148 cm³/mol. The molecule has 0 aliphatic rings. The van der Waals surface area contributed by atoms with Crippen LogP contribution in [0, 0.1) is 11.8 Å². The third kappa shape index (κ3) is 7.77. The molecule has 2 aromatic rings. The van der Waals surface area contributed by atoms with Crippen LogP contribution in [-0.2, 0) is 6.42 Å². The van der Waals surface area contributed by atoms with E-state index in [0.29, 0.717) is 11.8 Å². The highest BCUT2D eigenvalue weighted by Gasteiger charge is 2.22. The molecule has 0 amide bonds. The van der Waals surface area contributed by atoms with Gasteiger partial charge in [0.15, 0.2) is 0 Å². The molecule has 33 heavy (non-hydrogen) atoms. The number of rotatable bonds is 17. The van der Waals surface area contributed by atoms with Crippen molar-refractivity contribution in [1.29, 1.82) is 0 Å². The van der Waals surface area contributed by atoms with Gasteiger partial charge in [-0.3, -0.25) is 0 Å². The van der Waals surface area contributed by atoms with E-state index in [4.69, 9.17) is 9.47 Å². The lowest BCUT2D eigenvalue weighted by Gasteiger charge is -2.23. The van der Waals surface area contributed by atoms with Gasteiger partial charge < -0.3 is 9.47 Å². The maximum atomic E-state index is 6.67. The lowest BCUT2D eigenvalue weighted by molar-refractivity contribution is 0.229. The van der Waals surface area contributed by atoms with Gasteiger partial charge in [-0.2, -0.15) is 0 Å². The summed E-state index contributed by atoms with van der Waals surface area (Å²) in [5, 5.41) is 3.43. The Morgan fingerprint density at radius 2 is 1.45 bits per heavy atom. The Bertz CT molecular complexity index is 835. The van der Waals surface area contributed by atoms with E-state index < -0.39 is 0 Å². The van der Waals surface area contributed by atoms with Crippen molar-refractivity contribution in [1.82, 2.24) is 0 Å². The second kappa shape index (κ2) is 15.4. The van der Waals surface area contributed by atoms with Gasteiger partial charge in [-0.25, -0.2) is 0 Å². The Morgan fingerprint density at radius 3 is 1.97 bits per heavy atom. The van der Waals surface area contributed by atoms with E-state index in [1.807, 2.05) is 0 Å². The fraction of sp³-hybridized carbons (Fsp3) is 0.667. The summed E-state index contributed by atoms with van der Waals surface area (Å²) < 4.78 is 14.6. The molecule has 2 rings (SSSR count). The summed E-state index contributed by atoms with van der Waals surface area (Å²) in [4.78, 5) is 0. The molecule has 2 atom stereocenters. The van der Waals surface area contributed by atoms with Gasteiger partial charge >= 0.3 is 0 Å². The highest BCUT2D eigenvalue weighted by atomic mass is 32.1. The van der Waals surface area contributed by atoms with Crippen LogP contribution in [0.4, 0.5) is 0 Å². The number of unbranched alkanes of at least 4 members (excludes halogenated alkanes) is 2. The number of fused-ring (bicyclic) bond motifs is 1. The van der Waals surface area contributed by atoms with Gasteiger partial charge in [-0.15, -0.1) is 11.3 Å². The average Bonchev–Trinajstić information content (AvgIpc) is 3.31. The van der Waals surface area contributed by atoms with E-state index >= 15 is 0 Å². The molecule has 3 heteroatoms. The SMILES string of the molecule is C/C=C\c1c(CCC)c(OCC(CC)CCCC)c2ccsc2c1OCC(CC)CCCC. The first-order chi connectivity index (χ1) is 16.1. The highest BCUT2D eigenvalue weighted by molar-refractivity contribution is 7.17. The minimum Gasteiger partial charge on any atom is -0.492 e. The molecular weight excluding hydrogens is 424 g/mol. The highest BCUT2D eigenvalue weighted by Crippen LogP contribution is 2.45. The smallest absolute Gasteiger partial charge is 0.144 e. The number of hydrogen-bond donors (Lipinski definition) is 0. The Morgan fingerprint density at radius 1 is 0.848 bits per heavy atom. The number of hydrogen-bond acceptors (Lipinski definition) is 3. The first-order valence-corrected chi connectivity index (χ1v) is 14.5. The van der Waals surface area contributed by atoms with Gasteiger partial charge in [0, 0.05) is 16.5 Å². The molecule has 1 aromatic carbocycles. The van der Waals surface area contributed by atoms with Crippen molar-refractivity contribution in [2.75, 3.05) is 13.2 Å². The Balaban J connectivity index is 2.45. The molecule has 186 valence electrons. The Kier molecular flexibility index (Phi) is 13.0. The topological polar surface area (TPSA) is 18.5 Å². The van der Waals surface area contributed by atoms with Crippen LogP contribution in [-0.4, -0.2) is 13.2 Å². The minimum absolute atomic E-state index is 0.618. The Hall–Kier alpha value is -1.48. The maximum absolute atomic E-state index is 6.67. The van der Waals surface area contributed by atoms with Crippen LogP contribution in [0.2, 0.25) is 0 Å². The first kappa shape index (κ1) is 27.8. The number of ether oxygens (including phenoxy) is 2. The van der Waals surface area contributed by atoms with Crippen LogP contribution >= 0.6 is 11.3 Å². The van der Waals surface area contributed by atoms with Crippen LogP contribution < -0.4 is 9.47 Å². The molecule has 0 saturated carbocycles. The fourth-order valence-electron chi connectivity index (χ4n) is 4.56. The van der Waals surface area contributed by atoms with Crippen molar-refractivity contribution in [2.24, 2.45) is 11.8 Å². The minimum atomic E-state index is 0.618. The summed E-state index contributed by atoms with van der Waals surface area (Å²) in [6, 6.07) is 2.24. The molecule has 1 aromatic heterocycles. The van der Waals surface area contributed by atoms with E-state index in [-0.39, 0.29) is 0 Å². The summed E-state index contributed by atoms with van der Waals surface area (Å²) in [5.74, 6) is 3.41. The molecule has 0 fully saturated rings. The fourth-order valence-corrected chi connectivity index (χ4v) is 5.46. The van der Waals surface area contributed by atoms with Gasteiger partial charge in [0.25, 0.3) is 0 Å². The summed E-state index contributed by atoms with van der Waals surface area (Å²) in [6.07, 6.45) is 16.4. The van der Waals surface area contributed by atoms with Gasteiger partial charge in [-0.1, -0.05) is 91.7 Å². The monoisotopic (exact) mass is 472 g/mol. The second-order valence-corrected chi connectivity index (χ2v) is 10.3. The van der Waals surface area contributed by atoms with Crippen molar-refractivity contribution in [2.45, 2.75) is 106 Å². The molecular formula is C30H48O2S. The molecule has 2 nitrogen and oxygen atoms in total. The van der Waals surface area contributed by atoms with Gasteiger partial charge in [0.2, 0.25) is 0 Å². The molecule has 0 radical (unpaired) electrons. The van der Waals surface area contributed by atoms with Crippen molar-refractivity contribution in [3.05, 3.63) is 28.6 Å². The zero-order valence-corrected chi connectivity index (χ0v) is 23.0. The predicted octanol–water partition coefficient (Wildman–Crippen LogP) is 10.1. The molecule has 0 saturated heterocycles. The van der Waals surface area contributed by atoms with Gasteiger partial charge in [-0.05, 0) is 49.5 Å². The largest absolute Gasteiger partial charge is 0.492 e. The Labute approximate surface area is 207 Å². The molecule has 0 aliphatic heterocycles. The molecule has 0 bridgehead atoms. The quantitative estimate of drug-likeness (QED) is 0.228. The van der Waals surface area contributed by atoms with E-state index in [1.54, 1.807) is 11.3 Å². The lowest BCUT2D eigenvalue weighted by Crippen LogP contribution is -2.14. The summed E-state index contributed by atoms with van der Waals surface area (Å²) in [7, 11) is 0. The van der Waals surface area contributed by atoms with Crippen molar-refractivity contribution in [3.63, 3.8) is 0 Å². The average molecular weight is 473 g/mol. The number of allylic oxidation sites excluding steroid dienone is 1. The van der Waals surface area contributed by atoms with Crippen LogP contribution in [0.1, 0.15) is 110 Å². The van der Waals surface area contributed by atoms with Crippen molar-refractivity contribution >= 4 is 27.5 Å². The summed E-state index contributed by atoms with van der Waals surface area (Å²) >= 11 is 1.79. The zero-order valence-electron chi connectivity index (χ0n) is 22.2. The van der Waals surface area contributed by atoms with Crippen LogP contribution in [0.25, 0.3) is 16.2 Å². The summed E-state index contributed by atoms with van der Waals surface area (Å²) in [5.41, 5.74) is 2.56. The lowest BCUT2D eigenvalue weighted by atomic mass is 9.97. The second-order valence-electron chi connectivity index (χ2n) is 9.42. The molecule has 1 heterocycles. The van der Waals surface area contributed by atoms with Crippen molar-refractivity contribution < 1.29 is 9.47 Å². The van der Waals surface area contributed by atoms with E-state index in [1.165, 1.54) is 72.6 Å². The standard InChI is InChI=1S/C30H48O2S/c1-7-13-17-23(11-5)21-31-28-25(15-9-3)26(16-10-4)29(30-27(28)19-20-33-30)32-22-24(12-6)18-14-8-2/h10,16,19-20,23-24H,7-9,11-15,17-18,21-22H2,1-6H3/b16-10-. The maximum Gasteiger partial charge on any atom is 0.144 e. The molecule has 0 spiro atoms. The van der Waals surface area contributed by atoms with Gasteiger partial charge in [0.1, 0.15) is 11.5 Å². The molecule has 0 aliphatic carbocycles. The van der Waals surface area contributed by atoms with Crippen LogP contribution in [0.3, 0.4) is 0 Å². The first-order valence-electron chi connectivity index (χ1n) is 13.6. The number of benzene rings is 1. The molecule has 2 unspecified atom stereocenters. The summed E-state index contributed by atoms with van der Waals surface area (Å²) in [6.45, 7) is 15.1. The van der Waals surface area contributed by atoms with Gasteiger partial charge in [0.05, 0.1) is 17.9 Å². The van der Waals surface area contributed by atoms with E-state index in [9.17, 15) is 0 Å². The molecule has 0 N–H and O–H groups in total. The van der Waals surface area contributed by atoms with E-state index in [0.717, 1.165) is 37.6 Å². The van der Waals surface area contributed by atoms with Crippen LogP contribution in [0.5, 0.6) is 11.5 Å². The van der Waals surface area contributed by atoms with Crippen LogP contribution in [0.15, 0.2) is 17.5 Å². The van der Waals surface area contributed by atoms with E-state index in [2.05, 4.69) is 65.1 Å².